The molecule has 3 aliphatic rings. The second-order valence-corrected chi connectivity index (χ2v) is 12.0. The fraction of sp³-hybridized carbons (Fsp3) is 0.400. The predicted molar refractivity (Wildman–Crippen MR) is 161 cm³/mol. The summed E-state index contributed by atoms with van der Waals surface area (Å²) in [6.07, 6.45) is 1.99. The van der Waals surface area contributed by atoms with Gasteiger partial charge in [-0.2, -0.15) is 0 Å². The van der Waals surface area contributed by atoms with Crippen LogP contribution in [0.4, 0.5) is 0 Å². The third-order valence-electron chi connectivity index (χ3n) is 9.69. The zero-order valence-electron chi connectivity index (χ0n) is 24.4. The number of carbonyl (C=O) groups excluding carboxylic acids is 3. The van der Waals surface area contributed by atoms with Crippen LogP contribution in [0.3, 0.4) is 0 Å². The molecule has 43 heavy (non-hydrogen) atoms. The minimum absolute atomic E-state index is 0.237. The SMILES string of the molecule is CC[C@@]12CCC3(O1)C(C(=O)NCc1ccccc1)N([C@@H](CO)Cc1ccccc1)C(=O)[C@@H]3[C@@H]2C(=O)NCc1ccccc1. The van der Waals surface area contributed by atoms with E-state index in [2.05, 4.69) is 10.6 Å². The number of ether oxygens (including phenoxy) is 1. The van der Waals surface area contributed by atoms with E-state index >= 15 is 0 Å². The topological polar surface area (TPSA) is 108 Å². The van der Waals surface area contributed by atoms with Crippen LogP contribution >= 0.6 is 0 Å². The molecule has 6 atom stereocenters. The van der Waals surface area contributed by atoms with Gasteiger partial charge in [-0.1, -0.05) is 97.9 Å². The van der Waals surface area contributed by atoms with Crippen molar-refractivity contribution in [2.75, 3.05) is 6.61 Å². The van der Waals surface area contributed by atoms with Crippen LogP contribution in [-0.2, 0) is 38.6 Å². The first-order valence-corrected chi connectivity index (χ1v) is 15.2. The lowest BCUT2D eigenvalue weighted by Crippen LogP contribution is -2.58. The molecule has 3 heterocycles. The van der Waals surface area contributed by atoms with E-state index in [0.717, 1.165) is 16.7 Å². The molecule has 0 radical (unpaired) electrons. The molecule has 3 aromatic rings. The van der Waals surface area contributed by atoms with Gasteiger partial charge in [0.25, 0.3) is 0 Å². The maximum atomic E-state index is 14.6. The lowest BCUT2D eigenvalue weighted by molar-refractivity contribution is -0.151. The van der Waals surface area contributed by atoms with Crippen LogP contribution < -0.4 is 10.6 Å². The highest BCUT2D eigenvalue weighted by Crippen LogP contribution is 2.64. The first kappa shape index (κ1) is 29.1. The molecular formula is C35H39N3O5. The third-order valence-corrected chi connectivity index (χ3v) is 9.69. The van der Waals surface area contributed by atoms with Crippen LogP contribution in [0.25, 0.3) is 0 Å². The summed E-state index contributed by atoms with van der Waals surface area (Å²) < 4.78 is 6.87. The Bertz CT molecular complexity index is 1450. The van der Waals surface area contributed by atoms with E-state index in [4.69, 9.17) is 4.74 Å². The molecule has 8 nitrogen and oxygen atoms in total. The smallest absolute Gasteiger partial charge is 0.246 e. The highest BCUT2D eigenvalue weighted by molar-refractivity contribution is 5.99. The number of likely N-dealkylation sites (tertiary alicyclic amines) is 1. The fourth-order valence-electron chi connectivity index (χ4n) is 7.66. The van der Waals surface area contributed by atoms with Gasteiger partial charge in [0.2, 0.25) is 17.7 Å². The van der Waals surface area contributed by atoms with E-state index in [1.165, 1.54) is 0 Å². The Balaban J connectivity index is 1.35. The van der Waals surface area contributed by atoms with Crippen molar-refractivity contribution < 1.29 is 24.2 Å². The second-order valence-electron chi connectivity index (χ2n) is 12.0. The van der Waals surface area contributed by atoms with Crippen LogP contribution in [-0.4, -0.2) is 57.6 Å². The van der Waals surface area contributed by atoms with Gasteiger partial charge in [-0.05, 0) is 42.4 Å². The average molecular weight is 582 g/mol. The summed E-state index contributed by atoms with van der Waals surface area (Å²) in [4.78, 5) is 44.3. The van der Waals surface area contributed by atoms with Crippen LogP contribution in [0.1, 0.15) is 42.9 Å². The molecule has 8 heteroatoms. The van der Waals surface area contributed by atoms with Crippen molar-refractivity contribution >= 4 is 17.7 Å². The summed E-state index contributed by atoms with van der Waals surface area (Å²) >= 11 is 0. The molecule has 6 rings (SSSR count). The number of hydrogen-bond acceptors (Lipinski definition) is 5. The van der Waals surface area contributed by atoms with E-state index in [9.17, 15) is 19.5 Å². The van der Waals surface area contributed by atoms with Gasteiger partial charge >= 0.3 is 0 Å². The van der Waals surface area contributed by atoms with Crippen molar-refractivity contribution in [3.63, 3.8) is 0 Å². The van der Waals surface area contributed by atoms with Crippen molar-refractivity contribution in [3.8, 4) is 0 Å². The van der Waals surface area contributed by atoms with Gasteiger partial charge in [-0.15, -0.1) is 0 Å². The highest BCUT2D eigenvalue weighted by atomic mass is 16.5. The van der Waals surface area contributed by atoms with Gasteiger partial charge < -0.3 is 25.4 Å². The molecule has 2 bridgehead atoms. The normalized spacial score (nSPS) is 28.0. The Labute approximate surface area is 252 Å². The zero-order valence-corrected chi connectivity index (χ0v) is 24.4. The van der Waals surface area contributed by atoms with Crippen molar-refractivity contribution in [2.45, 2.75) is 69.0 Å². The summed E-state index contributed by atoms with van der Waals surface area (Å²) in [7, 11) is 0. The average Bonchev–Trinajstić information content (AvgIpc) is 3.66. The number of benzene rings is 3. The molecule has 3 aliphatic heterocycles. The maximum absolute atomic E-state index is 14.6. The summed E-state index contributed by atoms with van der Waals surface area (Å²) in [6, 6.07) is 27.3. The number of nitrogens with one attached hydrogen (secondary N) is 2. The van der Waals surface area contributed by atoms with Gasteiger partial charge in [0.05, 0.1) is 30.1 Å². The molecule has 0 saturated carbocycles. The van der Waals surface area contributed by atoms with E-state index in [1.807, 2.05) is 97.9 Å². The molecule has 3 amide bonds. The molecule has 3 fully saturated rings. The van der Waals surface area contributed by atoms with Gasteiger partial charge in [-0.3, -0.25) is 14.4 Å². The number of nitrogens with zero attached hydrogens (tertiary/aromatic N) is 1. The molecule has 3 N–H and O–H groups in total. The van der Waals surface area contributed by atoms with Gasteiger partial charge in [0, 0.05) is 13.1 Å². The third kappa shape index (κ3) is 5.12. The Morgan fingerprint density at radius 3 is 1.93 bits per heavy atom. The van der Waals surface area contributed by atoms with Gasteiger partial charge in [0.1, 0.15) is 11.6 Å². The molecule has 0 aliphatic carbocycles. The number of rotatable bonds is 11. The number of fused-ring (bicyclic) bond motifs is 1. The van der Waals surface area contributed by atoms with Crippen molar-refractivity contribution in [2.24, 2.45) is 11.8 Å². The van der Waals surface area contributed by atoms with E-state index < -0.39 is 35.1 Å². The van der Waals surface area contributed by atoms with Crippen LogP contribution in [0.5, 0.6) is 0 Å². The minimum atomic E-state index is -1.16. The first-order valence-electron chi connectivity index (χ1n) is 15.2. The lowest BCUT2D eigenvalue weighted by Gasteiger charge is -2.37. The lowest BCUT2D eigenvalue weighted by atomic mass is 9.65. The molecule has 224 valence electrons. The van der Waals surface area contributed by atoms with Crippen LogP contribution in [0.15, 0.2) is 91.0 Å². The predicted octanol–water partition coefficient (Wildman–Crippen LogP) is 3.38. The van der Waals surface area contributed by atoms with Crippen molar-refractivity contribution in [3.05, 3.63) is 108 Å². The van der Waals surface area contributed by atoms with Crippen molar-refractivity contribution in [1.82, 2.24) is 15.5 Å². The van der Waals surface area contributed by atoms with E-state index in [-0.39, 0.29) is 24.3 Å². The number of carbonyl (C=O) groups is 3. The van der Waals surface area contributed by atoms with Gasteiger partial charge in [0.15, 0.2) is 0 Å². The monoisotopic (exact) mass is 581 g/mol. The van der Waals surface area contributed by atoms with Gasteiger partial charge in [-0.25, -0.2) is 0 Å². The number of hydrogen-bond donors (Lipinski definition) is 3. The zero-order chi connectivity index (χ0) is 30.0. The Morgan fingerprint density at radius 1 is 0.860 bits per heavy atom. The molecule has 3 aromatic carbocycles. The Morgan fingerprint density at radius 2 is 1.40 bits per heavy atom. The van der Waals surface area contributed by atoms with Crippen LogP contribution in [0.2, 0.25) is 0 Å². The number of amides is 3. The first-order chi connectivity index (χ1) is 20.9. The number of aliphatic hydroxyl groups excluding tert-OH is 1. The number of aliphatic hydroxyl groups is 1. The summed E-state index contributed by atoms with van der Waals surface area (Å²) in [5.41, 5.74) is 0.843. The van der Waals surface area contributed by atoms with Crippen molar-refractivity contribution in [1.29, 1.82) is 0 Å². The van der Waals surface area contributed by atoms with E-state index in [1.54, 1.807) is 4.90 Å². The fourth-order valence-corrected chi connectivity index (χ4v) is 7.66. The molecule has 2 unspecified atom stereocenters. The minimum Gasteiger partial charge on any atom is -0.394 e. The Kier molecular flexibility index (Phi) is 8.07. The maximum Gasteiger partial charge on any atom is 0.246 e. The Hall–Kier alpha value is -4.01. The molecular weight excluding hydrogens is 542 g/mol. The largest absolute Gasteiger partial charge is 0.394 e. The summed E-state index contributed by atoms with van der Waals surface area (Å²) in [6.45, 7) is 2.29. The van der Waals surface area contributed by atoms with E-state index in [0.29, 0.717) is 38.8 Å². The standard InChI is InChI=1S/C35H39N3O5/c1-2-34-18-19-35(43-34)29(28(34)31(40)36-21-25-14-8-4-9-15-25)33(42)38(27(23-39)20-24-12-6-3-7-13-24)30(35)32(41)37-22-26-16-10-5-11-17-26/h3-17,27-30,39H,2,18-23H2,1H3,(H,36,40)(H,37,41)/t27-,28-,29+,30?,34+,35?/m1/s1. The van der Waals surface area contributed by atoms with Crippen LogP contribution in [0, 0.1) is 11.8 Å². The molecule has 0 aromatic heterocycles. The molecule has 3 saturated heterocycles. The second kappa shape index (κ2) is 11.9. The highest BCUT2D eigenvalue weighted by Gasteiger charge is 2.79. The quantitative estimate of drug-likeness (QED) is 0.322. The summed E-state index contributed by atoms with van der Waals surface area (Å²) in [5.74, 6) is -2.44. The molecule has 1 spiro atoms. The summed E-state index contributed by atoms with van der Waals surface area (Å²) in [5, 5.41) is 16.8.